The average molecular weight is 279 g/mol. The Hall–Kier alpha value is -1.71. The van der Waals surface area contributed by atoms with Crippen molar-refractivity contribution in [1.29, 1.82) is 0 Å². The maximum Gasteiger partial charge on any atom is 0.227 e. The second kappa shape index (κ2) is 4.19. The number of halogens is 2. The van der Waals surface area contributed by atoms with E-state index in [1.54, 1.807) is 24.3 Å². The van der Waals surface area contributed by atoms with Gasteiger partial charge in [0.2, 0.25) is 5.89 Å². The van der Waals surface area contributed by atoms with E-state index >= 15 is 0 Å². The Balaban J connectivity index is 2.16. The van der Waals surface area contributed by atoms with Crippen LogP contribution in [0.2, 0.25) is 10.0 Å². The molecule has 0 aliphatic carbocycles. The number of rotatable bonds is 1. The molecule has 0 unspecified atom stereocenters. The summed E-state index contributed by atoms with van der Waals surface area (Å²) < 4.78 is 5.64. The molecule has 3 aromatic rings. The van der Waals surface area contributed by atoms with Crippen molar-refractivity contribution in [2.75, 3.05) is 5.73 Å². The number of aromatic nitrogens is 1. The molecule has 0 saturated carbocycles. The lowest BCUT2D eigenvalue weighted by Gasteiger charge is -1.99. The highest BCUT2D eigenvalue weighted by Gasteiger charge is 2.09. The number of hydrogen-bond acceptors (Lipinski definition) is 3. The topological polar surface area (TPSA) is 52.0 Å². The van der Waals surface area contributed by atoms with E-state index in [0.717, 1.165) is 11.1 Å². The van der Waals surface area contributed by atoms with E-state index in [2.05, 4.69) is 4.98 Å². The Labute approximate surface area is 113 Å². The van der Waals surface area contributed by atoms with E-state index in [1.165, 1.54) is 0 Å². The van der Waals surface area contributed by atoms with Gasteiger partial charge in [-0.05, 0) is 30.3 Å². The Morgan fingerprint density at radius 2 is 1.89 bits per heavy atom. The molecule has 3 nitrogen and oxygen atoms in total. The monoisotopic (exact) mass is 278 g/mol. The summed E-state index contributed by atoms with van der Waals surface area (Å²) in [5.41, 5.74) is 8.43. The van der Waals surface area contributed by atoms with Crippen LogP contribution in [0, 0.1) is 0 Å². The third-order valence-electron chi connectivity index (χ3n) is 2.59. The summed E-state index contributed by atoms with van der Waals surface area (Å²) in [4.78, 5) is 4.37. The lowest BCUT2D eigenvalue weighted by Crippen LogP contribution is -1.87. The van der Waals surface area contributed by atoms with Gasteiger partial charge in [-0.25, -0.2) is 4.98 Å². The van der Waals surface area contributed by atoms with Crippen molar-refractivity contribution >= 4 is 40.0 Å². The highest BCUT2D eigenvalue weighted by Crippen LogP contribution is 2.29. The normalized spacial score (nSPS) is 11.0. The minimum atomic E-state index is 0.495. The van der Waals surface area contributed by atoms with Gasteiger partial charge in [0, 0.05) is 16.7 Å². The fourth-order valence-electron chi connectivity index (χ4n) is 1.70. The summed E-state index contributed by atoms with van der Waals surface area (Å²) in [6.45, 7) is 0. The Bertz CT molecular complexity index is 737. The fourth-order valence-corrected chi connectivity index (χ4v) is 1.98. The minimum Gasteiger partial charge on any atom is -0.436 e. The van der Waals surface area contributed by atoms with Crippen molar-refractivity contribution in [3.63, 3.8) is 0 Å². The molecule has 18 heavy (non-hydrogen) atoms. The zero-order chi connectivity index (χ0) is 12.7. The van der Waals surface area contributed by atoms with Gasteiger partial charge >= 0.3 is 0 Å². The number of nitrogens with two attached hydrogens (primary N) is 1. The molecule has 0 aliphatic rings. The first-order chi connectivity index (χ1) is 8.63. The second-order valence-electron chi connectivity index (χ2n) is 3.87. The number of oxazole rings is 1. The summed E-state index contributed by atoms with van der Waals surface area (Å²) in [5.74, 6) is 0.496. The van der Waals surface area contributed by atoms with Crippen LogP contribution in [0.5, 0.6) is 0 Å². The molecule has 0 bridgehead atoms. The van der Waals surface area contributed by atoms with Crippen molar-refractivity contribution in [2.24, 2.45) is 0 Å². The summed E-state index contributed by atoms with van der Waals surface area (Å²) >= 11 is 11.8. The molecule has 2 aromatic carbocycles. The van der Waals surface area contributed by atoms with Crippen LogP contribution in [-0.4, -0.2) is 4.98 Å². The smallest absolute Gasteiger partial charge is 0.227 e. The first-order valence-corrected chi connectivity index (χ1v) is 6.00. The molecule has 2 N–H and O–H groups in total. The summed E-state index contributed by atoms with van der Waals surface area (Å²) in [6, 6.07) is 10.6. The van der Waals surface area contributed by atoms with E-state index in [0.29, 0.717) is 27.2 Å². The molecule has 0 fully saturated rings. The molecule has 1 aromatic heterocycles. The summed E-state index contributed by atoms with van der Waals surface area (Å²) in [6.07, 6.45) is 0. The van der Waals surface area contributed by atoms with Crippen LogP contribution in [0.15, 0.2) is 40.8 Å². The third-order valence-corrected chi connectivity index (χ3v) is 3.17. The Kier molecular flexibility index (Phi) is 2.65. The predicted molar refractivity (Wildman–Crippen MR) is 73.9 cm³/mol. The SMILES string of the molecule is Nc1cc(-c2nc3ccc(Cl)cc3o2)ccc1Cl. The van der Waals surface area contributed by atoms with E-state index in [4.69, 9.17) is 33.4 Å². The molecule has 0 spiro atoms. The van der Waals surface area contributed by atoms with Crippen LogP contribution < -0.4 is 5.73 Å². The second-order valence-corrected chi connectivity index (χ2v) is 4.71. The van der Waals surface area contributed by atoms with Gasteiger partial charge in [-0.3, -0.25) is 0 Å². The molecule has 90 valence electrons. The molecule has 0 saturated heterocycles. The van der Waals surface area contributed by atoms with Crippen molar-refractivity contribution in [3.8, 4) is 11.5 Å². The molecular weight excluding hydrogens is 271 g/mol. The third kappa shape index (κ3) is 1.92. The van der Waals surface area contributed by atoms with Crippen LogP contribution in [0.3, 0.4) is 0 Å². The maximum atomic E-state index is 5.89. The largest absolute Gasteiger partial charge is 0.436 e. The molecule has 0 radical (unpaired) electrons. The van der Waals surface area contributed by atoms with E-state index < -0.39 is 0 Å². The maximum absolute atomic E-state index is 5.89. The molecular formula is C13H8Cl2N2O. The van der Waals surface area contributed by atoms with Crippen molar-refractivity contribution < 1.29 is 4.42 Å². The fraction of sp³-hybridized carbons (Fsp3) is 0. The molecule has 0 amide bonds. The molecule has 0 aliphatic heterocycles. The lowest BCUT2D eigenvalue weighted by atomic mass is 10.2. The van der Waals surface area contributed by atoms with Crippen molar-refractivity contribution in [1.82, 2.24) is 4.98 Å². The number of fused-ring (bicyclic) bond motifs is 1. The number of hydrogen-bond donors (Lipinski definition) is 1. The average Bonchev–Trinajstić information content (AvgIpc) is 2.75. The zero-order valence-corrected chi connectivity index (χ0v) is 10.7. The first-order valence-electron chi connectivity index (χ1n) is 5.25. The van der Waals surface area contributed by atoms with Gasteiger partial charge in [0.25, 0.3) is 0 Å². The van der Waals surface area contributed by atoms with Gasteiger partial charge in [0.1, 0.15) is 5.52 Å². The zero-order valence-electron chi connectivity index (χ0n) is 9.15. The van der Waals surface area contributed by atoms with Crippen molar-refractivity contribution in [2.45, 2.75) is 0 Å². The summed E-state index contributed by atoms with van der Waals surface area (Å²) in [7, 11) is 0. The first kappa shape index (κ1) is 11.4. The van der Waals surface area contributed by atoms with Crippen LogP contribution >= 0.6 is 23.2 Å². The lowest BCUT2D eigenvalue weighted by molar-refractivity contribution is 0.620. The molecule has 3 rings (SSSR count). The van der Waals surface area contributed by atoms with Gasteiger partial charge in [-0.15, -0.1) is 0 Å². The van der Waals surface area contributed by atoms with Crippen LogP contribution in [0.1, 0.15) is 0 Å². The molecule has 1 heterocycles. The Morgan fingerprint density at radius 1 is 1.06 bits per heavy atom. The van der Waals surface area contributed by atoms with Crippen molar-refractivity contribution in [3.05, 3.63) is 46.4 Å². The van der Waals surface area contributed by atoms with Gasteiger partial charge in [-0.2, -0.15) is 0 Å². The Morgan fingerprint density at radius 3 is 2.67 bits per heavy atom. The minimum absolute atomic E-state index is 0.495. The van der Waals surface area contributed by atoms with Crippen LogP contribution in [0.4, 0.5) is 5.69 Å². The predicted octanol–water partition coefficient (Wildman–Crippen LogP) is 4.38. The van der Waals surface area contributed by atoms with E-state index in [9.17, 15) is 0 Å². The number of anilines is 1. The van der Waals surface area contributed by atoms with Gasteiger partial charge in [-0.1, -0.05) is 23.2 Å². The van der Waals surface area contributed by atoms with Gasteiger partial charge in [0.15, 0.2) is 5.58 Å². The summed E-state index contributed by atoms with van der Waals surface area (Å²) in [5, 5.41) is 1.12. The van der Waals surface area contributed by atoms with Crippen LogP contribution in [-0.2, 0) is 0 Å². The van der Waals surface area contributed by atoms with Crippen LogP contribution in [0.25, 0.3) is 22.6 Å². The van der Waals surface area contributed by atoms with E-state index in [-0.39, 0.29) is 0 Å². The highest BCUT2D eigenvalue weighted by atomic mass is 35.5. The van der Waals surface area contributed by atoms with E-state index in [1.807, 2.05) is 12.1 Å². The number of benzene rings is 2. The molecule has 5 heteroatoms. The number of nitrogen functional groups attached to an aromatic ring is 1. The van der Waals surface area contributed by atoms with Gasteiger partial charge in [0.05, 0.1) is 10.7 Å². The van der Waals surface area contributed by atoms with Gasteiger partial charge < -0.3 is 10.2 Å². The highest BCUT2D eigenvalue weighted by molar-refractivity contribution is 6.33. The molecule has 0 atom stereocenters. The standard InChI is InChI=1S/C13H8Cl2N2O/c14-8-2-4-11-12(6-8)18-13(17-11)7-1-3-9(15)10(16)5-7/h1-6H,16H2. The quantitative estimate of drug-likeness (QED) is 0.672. The number of nitrogens with zero attached hydrogens (tertiary/aromatic N) is 1.